The maximum atomic E-state index is 10.6. The van der Waals surface area contributed by atoms with Gasteiger partial charge in [0.05, 0.1) is 6.42 Å². The lowest BCUT2D eigenvalue weighted by Crippen LogP contribution is -2.52. The van der Waals surface area contributed by atoms with Gasteiger partial charge in [0.2, 0.25) is 0 Å². The van der Waals surface area contributed by atoms with Crippen LogP contribution >= 0.6 is 0 Å². The van der Waals surface area contributed by atoms with Crippen molar-refractivity contribution in [3.8, 4) is 0 Å². The van der Waals surface area contributed by atoms with Crippen molar-refractivity contribution in [3.63, 3.8) is 0 Å². The third kappa shape index (κ3) is 1.22. The minimum atomic E-state index is -0.723. The Morgan fingerprint density at radius 2 is 2.08 bits per heavy atom. The van der Waals surface area contributed by atoms with Crippen molar-refractivity contribution in [1.82, 2.24) is 0 Å². The molecule has 2 unspecified atom stereocenters. The SMILES string of the molecule is CC1CC(C)C1(CN)CC(=O)O. The first-order chi connectivity index (χ1) is 5.53. The molecule has 0 aromatic rings. The fourth-order valence-electron chi connectivity index (χ4n) is 2.43. The predicted molar refractivity (Wildman–Crippen MR) is 46.7 cm³/mol. The van der Waals surface area contributed by atoms with Gasteiger partial charge in [0.25, 0.3) is 0 Å². The van der Waals surface area contributed by atoms with E-state index in [4.69, 9.17) is 10.8 Å². The van der Waals surface area contributed by atoms with Gasteiger partial charge in [0, 0.05) is 0 Å². The predicted octanol–water partition coefficient (Wildman–Crippen LogP) is 1.08. The summed E-state index contributed by atoms with van der Waals surface area (Å²) in [7, 11) is 0. The number of nitrogens with two attached hydrogens (primary N) is 1. The van der Waals surface area contributed by atoms with E-state index in [-0.39, 0.29) is 11.8 Å². The Hall–Kier alpha value is -0.570. The van der Waals surface area contributed by atoms with E-state index in [0.29, 0.717) is 18.4 Å². The van der Waals surface area contributed by atoms with E-state index in [1.54, 1.807) is 0 Å². The summed E-state index contributed by atoms with van der Waals surface area (Å²) in [4.78, 5) is 10.6. The highest BCUT2D eigenvalue weighted by Gasteiger charge is 2.50. The molecule has 0 spiro atoms. The average Bonchev–Trinajstić information content (AvgIpc) is 2.00. The fourth-order valence-corrected chi connectivity index (χ4v) is 2.43. The third-order valence-electron chi connectivity index (χ3n) is 3.53. The summed E-state index contributed by atoms with van der Waals surface area (Å²) in [5, 5.41) is 8.73. The molecule has 0 aliphatic heterocycles. The minimum Gasteiger partial charge on any atom is -0.481 e. The number of hydrogen-bond donors (Lipinski definition) is 2. The highest BCUT2D eigenvalue weighted by atomic mass is 16.4. The van der Waals surface area contributed by atoms with Gasteiger partial charge in [-0.25, -0.2) is 0 Å². The van der Waals surface area contributed by atoms with Crippen molar-refractivity contribution in [2.45, 2.75) is 26.7 Å². The van der Waals surface area contributed by atoms with E-state index in [0.717, 1.165) is 6.42 Å². The van der Waals surface area contributed by atoms with Gasteiger partial charge in [-0.2, -0.15) is 0 Å². The Kier molecular flexibility index (Phi) is 2.42. The molecular formula is C9H17NO2. The van der Waals surface area contributed by atoms with Crippen LogP contribution in [0.5, 0.6) is 0 Å². The first kappa shape index (κ1) is 9.52. The molecule has 70 valence electrons. The Labute approximate surface area is 72.9 Å². The third-order valence-corrected chi connectivity index (χ3v) is 3.53. The molecule has 0 amide bonds. The Balaban J connectivity index is 2.68. The van der Waals surface area contributed by atoms with Crippen LogP contribution in [0.4, 0.5) is 0 Å². The zero-order valence-corrected chi connectivity index (χ0v) is 7.71. The van der Waals surface area contributed by atoms with Crippen LogP contribution in [-0.4, -0.2) is 17.6 Å². The zero-order valence-electron chi connectivity index (χ0n) is 7.71. The smallest absolute Gasteiger partial charge is 0.303 e. The van der Waals surface area contributed by atoms with E-state index in [1.807, 2.05) is 0 Å². The molecule has 3 N–H and O–H groups in total. The summed E-state index contributed by atoms with van der Waals surface area (Å²) in [6.07, 6.45) is 1.34. The second-order valence-corrected chi connectivity index (χ2v) is 4.05. The molecule has 1 fully saturated rings. The van der Waals surface area contributed by atoms with E-state index >= 15 is 0 Å². The number of aliphatic carboxylic acids is 1. The minimum absolute atomic E-state index is 0.119. The second kappa shape index (κ2) is 3.05. The van der Waals surface area contributed by atoms with Crippen molar-refractivity contribution < 1.29 is 9.90 Å². The van der Waals surface area contributed by atoms with Crippen LogP contribution < -0.4 is 5.73 Å². The van der Waals surface area contributed by atoms with E-state index in [2.05, 4.69) is 13.8 Å². The quantitative estimate of drug-likeness (QED) is 0.668. The summed E-state index contributed by atoms with van der Waals surface area (Å²) in [5.41, 5.74) is 5.52. The Morgan fingerprint density at radius 3 is 2.25 bits per heavy atom. The molecule has 0 bridgehead atoms. The molecular weight excluding hydrogens is 154 g/mol. The first-order valence-electron chi connectivity index (χ1n) is 4.45. The molecule has 1 rings (SSSR count). The number of carbonyl (C=O) groups is 1. The van der Waals surface area contributed by atoms with Crippen LogP contribution in [-0.2, 0) is 4.79 Å². The molecule has 0 aromatic heterocycles. The molecule has 0 heterocycles. The van der Waals surface area contributed by atoms with Crippen LogP contribution in [0, 0.1) is 17.3 Å². The highest BCUT2D eigenvalue weighted by Crippen LogP contribution is 2.52. The van der Waals surface area contributed by atoms with Gasteiger partial charge in [-0.15, -0.1) is 0 Å². The number of carboxylic acids is 1. The van der Waals surface area contributed by atoms with Gasteiger partial charge in [0.15, 0.2) is 0 Å². The maximum Gasteiger partial charge on any atom is 0.303 e. The molecule has 3 nitrogen and oxygen atoms in total. The van der Waals surface area contributed by atoms with Crippen molar-refractivity contribution >= 4 is 5.97 Å². The van der Waals surface area contributed by atoms with E-state index < -0.39 is 5.97 Å². The van der Waals surface area contributed by atoms with Gasteiger partial charge < -0.3 is 10.8 Å². The summed E-state index contributed by atoms with van der Waals surface area (Å²) in [5.74, 6) is 0.209. The molecule has 1 aliphatic rings. The maximum absolute atomic E-state index is 10.6. The van der Waals surface area contributed by atoms with Crippen LogP contribution in [0.3, 0.4) is 0 Å². The lowest BCUT2D eigenvalue weighted by atomic mass is 9.52. The molecule has 1 aliphatic carbocycles. The zero-order chi connectivity index (χ0) is 9.35. The molecule has 0 saturated heterocycles. The second-order valence-electron chi connectivity index (χ2n) is 4.05. The van der Waals surface area contributed by atoms with Crippen LogP contribution in [0.25, 0.3) is 0 Å². The normalized spacial score (nSPS) is 40.6. The van der Waals surface area contributed by atoms with Gasteiger partial charge in [-0.3, -0.25) is 4.79 Å². The van der Waals surface area contributed by atoms with Gasteiger partial charge in [0.1, 0.15) is 0 Å². The molecule has 2 atom stereocenters. The van der Waals surface area contributed by atoms with Crippen LogP contribution in [0.1, 0.15) is 26.7 Å². The standard InChI is InChI=1S/C9H17NO2/c1-6-3-7(2)9(6,5-10)4-8(11)12/h6-7H,3-5,10H2,1-2H3,(H,11,12). The van der Waals surface area contributed by atoms with Crippen LogP contribution in [0.15, 0.2) is 0 Å². The Morgan fingerprint density at radius 1 is 1.58 bits per heavy atom. The van der Waals surface area contributed by atoms with Crippen molar-refractivity contribution in [3.05, 3.63) is 0 Å². The Bertz CT molecular complexity index is 183. The lowest BCUT2D eigenvalue weighted by molar-refractivity contribution is -0.146. The monoisotopic (exact) mass is 171 g/mol. The lowest BCUT2D eigenvalue weighted by Gasteiger charge is -2.52. The van der Waals surface area contributed by atoms with E-state index in [1.165, 1.54) is 0 Å². The molecule has 0 radical (unpaired) electrons. The van der Waals surface area contributed by atoms with Crippen molar-refractivity contribution in [1.29, 1.82) is 0 Å². The van der Waals surface area contributed by atoms with Gasteiger partial charge in [-0.05, 0) is 30.2 Å². The molecule has 3 heteroatoms. The molecule has 0 aromatic carbocycles. The van der Waals surface area contributed by atoms with Crippen molar-refractivity contribution in [2.75, 3.05) is 6.54 Å². The number of rotatable bonds is 3. The van der Waals surface area contributed by atoms with Crippen molar-refractivity contribution in [2.24, 2.45) is 23.0 Å². The topological polar surface area (TPSA) is 63.3 Å². The molecule has 12 heavy (non-hydrogen) atoms. The summed E-state index contributed by atoms with van der Waals surface area (Å²) < 4.78 is 0. The number of carboxylic acid groups (broad SMARTS) is 1. The van der Waals surface area contributed by atoms with Gasteiger partial charge in [-0.1, -0.05) is 13.8 Å². The van der Waals surface area contributed by atoms with E-state index in [9.17, 15) is 4.79 Å². The fraction of sp³-hybridized carbons (Fsp3) is 0.889. The largest absolute Gasteiger partial charge is 0.481 e. The highest BCUT2D eigenvalue weighted by molar-refractivity contribution is 5.68. The molecule has 1 saturated carbocycles. The summed E-state index contributed by atoms with van der Waals surface area (Å²) >= 11 is 0. The summed E-state index contributed by atoms with van der Waals surface area (Å²) in [6, 6.07) is 0. The van der Waals surface area contributed by atoms with Gasteiger partial charge >= 0.3 is 5.97 Å². The number of hydrogen-bond acceptors (Lipinski definition) is 2. The van der Waals surface area contributed by atoms with Crippen LogP contribution in [0.2, 0.25) is 0 Å². The first-order valence-corrected chi connectivity index (χ1v) is 4.45. The average molecular weight is 171 g/mol. The summed E-state index contributed by atoms with van der Waals surface area (Å²) in [6.45, 7) is 4.69.